The van der Waals surface area contributed by atoms with Crippen molar-refractivity contribution in [2.24, 2.45) is 5.41 Å². The van der Waals surface area contributed by atoms with E-state index in [1.165, 1.54) is 16.0 Å². The summed E-state index contributed by atoms with van der Waals surface area (Å²) in [5.74, 6) is 2.06. The van der Waals surface area contributed by atoms with Crippen LogP contribution in [0, 0.1) is 19.3 Å². The van der Waals surface area contributed by atoms with Gasteiger partial charge in [-0.25, -0.2) is 0 Å². The van der Waals surface area contributed by atoms with E-state index in [0.29, 0.717) is 5.41 Å². The standard InChI is InChI=1S/C13H20S2/c1-10-5-6-12(7-11(10)2)15-9-13(3,4)8-14/h5-7,14H,8-9H2,1-4H3. The Hall–Kier alpha value is -0.0800. The zero-order chi connectivity index (χ0) is 11.5. The largest absolute Gasteiger partial charge is 0.179 e. The highest BCUT2D eigenvalue weighted by Crippen LogP contribution is 2.29. The van der Waals surface area contributed by atoms with Crippen molar-refractivity contribution in [2.75, 3.05) is 11.5 Å². The number of hydrogen-bond acceptors (Lipinski definition) is 2. The molecule has 0 aliphatic carbocycles. The van der Waals surface area contributed by atoms with Gasteiger partial charge in [0.25, 0.3) is 0 Å². The van der Waals surface area contributed by atoms with E-state index in [4.69, 9.17) is 0 Å². The molecule has 0 aliphatic rings. The van der Waals surface area contributed by atoms with Gasteiger partial charge in [0.05, 0.1) is 0 Å². The molecule has 0 nitrogen and oxygen atoms in total. The highest BCUT2D eigenvalue weighted by Gasteiger charge is 2.15. The lowest BCUT2D eigenvalue weighted by Gasteiger charge is -2.21. The molecule has 0 saturated heterocycles. The summed E-state index contributed by atoms with van der Waals surface area (Å²) in [7, 11) is 0. The third-order valence-corrected chi connectivity index (χ3v) is 4.91. The Morgan fingerprint density at radius 1 is 1.20 bits per heavy atom. The van der Waals surface area contributed by atoms with Gasteiger partial charge in [-0.1, -0.05) is 19.9 Å². The highest BCUT2D eigenvalue weighted by molar-refractivity contribution is 7.99. The predicted octanol–water partition coefficient (Wildman–Crippen LogP) is 4.35. The summed E-state index contributed by atoms with van der Waals surface area (Å²) in [6.45, 7) is 8.84. The van der Waals surface area contributed by atoms with Crippen LogP contribution < -0.4 is 0 Å². The second-order valence-corrected chi connectivity index (χ2v) is 6.22. The first-order valence-corrected chi connectivity index (χ1v) is 6.87. The van der Waals surface area contributed by atoms with E-state index in [-0.39, 0.29) is 0 Å². The first-order chi connectivity index (χ1) is 6.94. The SMILES string of the molecule is Cc1ccc(SCC(C)(C)CS)cc1C. The van der Waals surface area contributed by atoms with Crippen molar-refractivity contribution < 1.29 is 0 Å². The fourth-order valence-corrected chi connectivity index (χ4v) is 2.47. The van der Waals surface area contributed by atoms with Gasteiger partial charge in [-0.2, -0.15) is 12.6 Å². The fraction of sp³-hybridized carbons (Fsp3) is 0.538. The number of benzene rings is 1. The molecular weight excluding hydrogens is 220 g/mol. The average Bonchev–Trinajstić information content (AvgIpc) is 2.20. The van der Waals surface area contributed by atoms with Gasteiger partial charge in [-0.15, -0.1) is 11.8 Å². The summed E-state index contributed by atoms with van der Waals surface area (Å²) >= 11 is 6.30. The van der Waals surface area contributed by atoms with Crippen LogP contribution in [-0.2, 0) is 0 Å². The molecule has 0 bridgehead atoms. The Balaban J connectivity index is 2.62. The average molecular weight is 240 g/mol. The zero-order valence-electron chi connectivity index (χ0n) is 10.0. The molecule has 2 heteroatoms. The van der Waals surface area contributed by atoms with Crippen LogP contribution in [0.5, 0.6) is 0 Å². The minimum Gasteiger partial charge on any atom is -0.179 e. The van der Waals surface area contributed by atoms with E-state index >= 15 is 0 Å². The second-order valence-electron chi connectivity index (χ2n) is 4.86. The molecule has 1 rings (SSSR count). The van der Waals surface area contributed by atoms with E-state index in [2.05, 4.69) is 58.5 Å². The number of hydrogen-bond donors (Lipinski definition) is 1. The topological polar surface area (TPSA) is 0 Å². The third kappa shape index (κ3) is 4.12. The summed E-state index contributed by atoms with van der Waals surface area (Å²) < 4.78 is 0. The van der Waals surface area contributed by atoms with Gasteiger partial charge < -0.3 is 0 Å². The van der Waals surface area contributed by atoms with Crippen LogP contribution in [0.1, 0.15) is 25.0 Å². The molecule has 0 amide bonds. The van der Waals surface area contributed by atoms with Gasteiger partial charge in [0.2, 0.25) is 0 Å². The van der Waals surface area contributed by atoms with Gasteiger partial charge in [0, 0.05) is 10.6 Å². The lowest BCUT2D eigenvalue weighted by molar-refractivity contribution is 0.494. The Bertz CT molecular complexity index is 329. The molecule has 0 heterocycles. The number of rotatable bonds is 4. The lowest BCUT2D eigenvalue weighted by atomic mass is 10.0. The molecule has 0 aromatic heterocycles. The van der Waals surface area contributed by atoms with Gasteiger partial charge in [0.15, 0.2) is 0 Å². The highest BCUT2D eigenvalue weighted by atomic mass is 32.2. The van der Waals surface area contributed by atoms with Crippen molar-refractivity contribution >= 4 is 24.4 Å². The van der Waals surface area contributed by atoms with Crippen LogP contribution in [0.3, 0.4) is 0 Å². The second kappa shape index (κ2) is 5.31. The van der Waals surface area contributed by atoms with E-state index in [9.17, 15) is 0 Å². The van der Waals surface area contributed by atoms with Gasteiger partial charge in [-0.05, 0) is 48.3 Å². The van der Waals surface area contributed by atoms with Gasteiger partial charge in [0.1, 0.15) is 0 Å². The number of thioether (sulfide) groups is 1. The summed E-state index contributed by atoms with van der Waals surface area (Å²) in [6.07, 6.45) is 0. The smallest absolute Gasteiger partial charge is 0.00749 e. The van der Waals surface area contributed by atoms with Crippen molar-refractivity contribution in [1.82, 2.24) is 0 Å². The molecule has 0 N–H and O–H groups in total. The van der Waals surface area contributed by atoms with E-state index < -0.39 is 0 Å². The maximum atomic E-state index is 4.37. The molecule has 0 unspecified atom stereocenters. The Kier molecular flexibility index (Phi) is 4.60. The van der Waals surface area contributed by atoms with Crippen LogP contribution in [0.25, 0.3) is 0 Å². The van der Waals surface area contributed by atoms with Gasteiger partial charge in [-0.3, -0.25) is 0 Å². The Morgan fingerprint density at radius 2 is 1.87 bits per heavy atom. The zero-order valence-corrected chi connectivity index (χ0v) is 11.7. The lowest BCUT2D eigenvalue weighted by Crippen LogP contribution is -2.16. The molecule has 0 saturated carbocycles. The number of aryl methyl sites for hydroxylation is 2. The van der Waals surface area contributed by atoms with Crippen LogP contribution >= 0.6 is 24.4 Å². The van der Waals surface area contributed by atoms with E-state index in [1.807, 2.05) is 11.8 Å². The normalized spacial score (nSPS) is 11.8. The van der Waals surface area contributed by atoms with Crippen molar-refractivity contribution in [3.05, 3.63) is 29.3 Å². The molecule has 84 valence electrons. The monoisotopic (exact) mass is 240 g/mol. The molecule has 0 radical (unpaired) electrons. The maximum Gasteiger partial charge on any atom is 0.00749 e. The van der Waals surface area contributed by atoms with Crippen molar-refractivity contribution in [2.45, 2.75) is 32.6 Å². The number of thiol groups is 1. The first kappa shape index (κ1) is 13.0. The fourth-order valence-electron chi connectivity index (χ4n) is 1.13. The van der Waals surface area contributed by atoms with Crippen LogP contribution in [0.4, 0.5) is 0 Å². The molecule has 0 atom stereocenters. The van der Waals surface area contributed by atoms with Crippen molar-refractivity contribution in [3.63, 3.8) is 0 Å². The summed E-state index contributed by atoms with van der Waals surface area (Å²) in [6, 6.07) is 6.68. The quantitative estimate of drug-likeness (QED) is 0.603. The summed E-state index contributed by atoms with van der Waals surface area (Å²) in [5, 5.41) is 0. The maximum absolute atomic E-state index is 4.37. The molecule has 0 spiro atoms. The van der Waals surface area contributed by atoms with Crippen LogP contribution in [0.15, 0.2) is 23.1 Å². The molecule has 15 heavy (non-hydrogen) atoms. The Morgan fingerprint density at radius 3 is 2.40 bits per heavy atom. The molecule has 1 aromatic carbocycles. The van der Waals surface area contributed by atoms with Crippen LogP contribution in [0.2, 0.25) is 0 Å². The Labute approximate surface area is 103 Å². The molecule has 1 aromatic rings. The molecular formula is C13H20S2. The van der Waals surface area contributed by atoms with E-state index in [0.717, 1.165) is 11.5 Å². The first-order valence-electron chi connectivity index (χ1n) is 5.25. The van der Waals surface area contributed by atoms with Crippen molar-refractivity contribution in [1.29, 1.82) is 0 Å². The third-order valence-electron chi connectivity index (χ3n) is 2.54. The molecule has 0 aliphatic heterocycles. The van der Waals surface area contributed by atoms with Crippen molar-refractivity contribution in [3.8, 4) is 0 Å². The molecule has 0 fully saturated rings. The predicted molar refractivity (Wildman–Crippen MR) is 74.3 cm³/mol. The van der Waals surface area contributed by atoms with Crippen LogP contribution in [-0.4, -0.2) is 11.5 Å². The van der Waals surface area contributed by atoms with E-state index in [1.54, 1.807) is 0 Å². The minimum absolute atomic E-state index is 0.312. The van der Waals surface area contributed by atoms with Gasteiger partial charge >= 0.3 is 0 Å². The summed E-state index contributed by atoms with van der Waals surface area (Å²) in [4.78, 5) is 1.37. The minimum atomic E-state index is 0.312. The summed E-state index contributed by atoms with van der Waals surface area (Å²) in [5.41, 5.74) is 3.06.